The third-order valence-electron chi connectivity index (χ3n) is 2.23. The second-order valence-corrected chi connectivity index (χ2v) is 3.54. The van der Waals surface area contributed by atoms with Gasteiger partial charge >= 0.3 is 0 Å². The maximum absolute atomic E-state index is 13.3. The second kappa shape index (κ2) is 4.74. The number of rotatable bonds is 3. The highest BCUT2D eigenvalue weighted by Gasteiger charge is 2.07. The number of ether oxygens (including phenoxy) is 1. The molecule has 0 aliphatic carbocycles. The largest absolute Gasteiger partial charge is 0.436 e. The van der Waals surface area contributed by atoms with Crippen LogP contribution in [-0.4, -0.2) is 11.3 Å². The molecular formula is C13H10FNO2. The quantitative estimate of drug-likeness (QED) is 0.762. The summed E-state index contributed by atoms with van der Waals surface area (Å²) in [5.74, 6) is -0.0455. The molecule has 2 aromatic rings. The molecule has 3 nitrogen and oxygen atoms in total. The van der Waals surface area contributed by atoms with Crippen molar-refractivity contribution in [3.8, 4) is 11.6 Å². The number of carbonyl (C=O) groups is 1. The molecule has 4 heteroatoms. The molecule has 0 radical (unpaired) electrons. The van der Waals surface area contributed by atoms with E-state index in [-0.39, 0.29) is 5.75 Å². The lowest BCUT2D eigenvalue weighted by atomic mass is 10.2. The summed E-state index contributed by atoms with van der Waals surface area (Å²) >= 11 is 0. The highest BCUT2D eigenvalue weighted by molar-refractivity contribution is 5.74. The van der Waals surface area contributed by atoms with Gasteiger partial charge in [-0.1, -0.05) is 12.1 Å². The molecule has 0 spiro atoms. The Morgan fingerprint density at radius 1 is 1.35 bits per heavy atom. The average molecular weight is 231 g/mol. The van der Waals surface area contributed by atoms with E-state index in [1.165, 1.54) is 18.3 Å². The average Bonchev–Trinajstić information content (AvgIpc) is 2.34. The molecule has 0 fully saturated rings. The second-order valence-electron chi connectivity index (χ2n) is 3.54. The first-order valence-electron chi connectivity index (χ1n) is 5.05. The minimum absolute atomic E-state index is 0.113. The summed E-state index contributed by atoms with van der Waals surface area (Å²) < 4.78 is 18.7. The molecule has 17 heavy (non-hydrogen) atoms. The van der Waals surface area contributed by atoms with E-state index in [4.69, 9.17) is 4.74 Å². The summed E-state index contributed by atoms with van der Waals surface area (Å²) in [5, 5.41) is 0. The minimum atomic E-state index is -0.451. The number of halogens is 1. The zero-order valence-electron chi connectivity index (χ0n) is 9.18. The lowest BCUT2D eigenvalue weighted by Gasteiger charge is -2.08. The zero-order valence-corrected chi connectivity index (χ0v) is 9.18. The number of aldehydes is 1. The fraction of sp³-hybridized carbons (Fsp3) is 0.0769. The summed E-state index contributed by atoms with van der Waals surface area (Å²) in [6, 6.07) is 7.72. The fourth-order valence-corrected chi connectivity index (χ4v) is 1.39. The molecule has 0 N–H and O–H groups in total. The standard InChI is InChI=1S/C13H10FNO2/c1-9-6-10(8-16)7-15-13(9)17-12-5-3-2-4-11(12)14/h2-8H,1H3. The Morgan fingerprint density at radius 2 is 2.12 bits per heavy atom. The molecule has 0 saturated heterocycles. The normalized spacial score (nSPS) is 10.0. The number of carbonyl (C=O) groups excluding carboxylic acids is 1. The summed E-state index contributed by atoms with van der Waals surface area (Å²) in [5.41, 5.74) is 1.14. The molecule has 0 bridgehead atoms. The first-order chi connectivity index (χ1) is 8.20. The van der Waals surface area contributed by atoms with Gasteiger partial charge in [-0.15, -0.1) is 0 Å². The maximum atomic E-state index is 13.3. The Kier molecular flexibility index (Phi) is 3.14. The van der Waals surface area contributed by atoms with Crippen LogP contribution in [0, 0.1) is 12.7 Å². The van der Waals surface area contributed by atoms with Gasteiger partial charge in [0.05, 0.1) is 0 Å². The number of nitrogens with zero attached hydrogens (tertiary/aromatic N) is 1. The highest BCUT2D eigenvalue weighted by atomic mass is 19.1. The summed E-state index contributed by atoms with van der Waals surface area (Å²) in [6.07, 6.45) is 2.09. The molecule has 0 amide bonds. The van der Waals surface area contributed by atoms with E-state index in [0.29, 0.717) is 23.3 Å². The monoisotopic (exact) mass is 231 g/mol. The Balaban J connectivity index is 2.31. The van der Waals surface area contributed by atoms with Crippen molar-refractivity contribution < 1.29 is 13.9 Å². The van der Waals surface area contributed by atoms with Crippen LogP contribution in [0.25, 0.3) is 0 Å². The van der Waals surface area contributed by atoms with Gasteiger partial charge in [-0.05, 0) is 25.1 Å². The minimum Gasteiger partial charge on any atom is -0.436 e. The van der Waals surface area contributed by atoms with E-state index < -0.39 is 5.82 Å². The SMILES string of the molecule is Cc1cc(C=O)cnc1Oc1ccccc1F. The Hall–Kier alpha value is -2.23. The molecule has 86 valence electrons. The number of pyridine rings is 1. The van der Waals surface area contributed by atoms with E-state index in [9.17, 15) is 9.18 Å². The van der Waals surface area contributed by atoms with Crippen LogP contribution in [-0.2, 0) is 0 Å². The number of hydrogen-bond donors (Lipinski definition) is 0. The fourth-order valence-electron chi connectivity index (χ4n) is 1.39. The number of benzene rings is 1. The van der Waals surface area contributed by atoms with E-state index in [1.807, 2.05) is 0 Å². The zero-order chi connectivity index (χ0) is 12.3. The summed E-state index contributed by atoms with van der Waals surface area (Å²) in [7, 11) is 0. The van der Waals surface area contributed by atoms with Crippen LogP contribution >= 0.6 is 0 Å². The van der Waals surface area contributed by atoms with E-state index in [0.717, 1.165) is 0 Å². The third-order valence-corrected chi connectivity index (χ3v) is 2.23. The van der Waals surface area contributed by atoms with E-state index >= 15 is 0 Å². The Labute approximate surface area is 97.9 Å². The summed E-state index contributed by atoms with van der Waals surface area (Å²) in [4.78, 5) is 14.5. The van der Waals surface area contributed by atoms with Crippen LogP contribution in [0.3, 0.4) is 0 Å². The van der Waals surface area contributed by atoms with Gasteiger partial charge in [-0.2, -0.15) is 0 Å². The van der Waals surface area contributed by atoms with Crippen molar-refractivity contribution in [3.05, 3.63) is 53.5 Å². The van der Waals surface area contributed by atoms with Crippen LogP contribution in [0.1, 0.15) is 15.9 Å². The van der Waals surface area contributed by atoms with Gasteiger partial charge in [0.15, 0.2) is 17.9 Å². The van der Waals surface area contributed by atoms with Gasteiger partial charge in [0.25, 0.3) is 0 Å². The third kappa shape index (κ3) is 2.47. The molecule has 1 heterocycles. The van der Waals surface area contributed by atoms with Gasteiger partial charge in [-0.3, -0.25) is 4.79 Å². The van der Waals surface area contributed by atoms with Crippen molar-refractivity contribution in [1.82, 2.24) is 4.98 Å². The summed E-state index contributed by atoms with van der Waals surface area (Å²) in [6.45, 7) is 1.75. The van der Waals surface area contributed by atoms with Gasteiger partial charge in [-0.25, -0.2) is 9.37 Å². The predicted molar refractivity (Wildman–Crippen MR) is 60.8 cm³/mol. The molecule has 0 aliphatic heterocycles. The molecule has 0 saturated carbocycles. The molecule has 1 aromatic carbocycles. The smallest absolute Gasteiger partial charge is 0.222 e. The van der Waals surface area contributed by atoms with Crippen LogP contribution in [0.5, 0.6) is 11.6 Å². The number of hydrogen-bond acceptors (Lipinski definition) is 3. The first-order valence-corrected chi connectivity index (χ1v) is 5.05. The lowest BCUT2D eigenvalue weighted by molar-refractivity contribution is 0.112. The topological polar surface area (TPSA) is 39.2 Å². The number of aromatic nitrogens is 1. The Bertz CT molecular complexity index is 555. The molecule has 0 unspecified atom stereocenters. The number of aryl methyl sites for hydroxylation is 1. The van der Waals surface area contributed by atoms with Crippen molar-refractivity contribution >= 4 is 6.29 Å². The molecular weight excluding hydrogens is 221 g/mol. The van der Waals surface area contributed by atoms with E-state index in [1.54, 1.807) is 25.1 Å². The lowest BCUT2D eigenvalue weighted by Crippen LogP contribution is -1.94. The van der Waals surface area contributed by atoms with Crippen LogP contribution in [0.2, 0.25) is 0 Å². The molecule has 1 aromatic heterocycles. The van der Waals surface area contributed by atoms with Crippen molar-refractivity contribution in [2.75, 3.05) is 0 Å². The molecule has 0 aliphatic rings. The Morgan fingerprint density at radius 3 is 2.76 bits per heavy atom. The van der Waals surface area contributed by atoms with Crippen molar-refractivity contribution in [2.45, 2.75) is 6.92 Å². The van der Waals surface area contributed by atoms with Crippen LogP contribution < -0.4 is 4.74 Å². The van der Waals surface area contributed by atoms with Crippen LogP contribution in [0.4, 0.5) is 4.39 Å². The highest BCUT2D eigenvalue weighted by Crippen LogP contribution is 2.25. The maximum Gasteiger partial charge on any atom is 0.222 e. The predicted octanol–water partition coefficient (Wildman–Crippen LogP) is 3.13. The van der Waals surface area contributed by atoms with Gasteiger partial charge in [0.2, 0.25) is 5.88 Å². The number of para-hydroxylation sites is 1. The van der Waals surface area contributed by atoms with Gasteiger partial charge in [0.1, 0.15) is 0 Å². The van der Waals surface area contributed by atoms with Gasteiger partial charge < -0.3 is 4.74 Å². The van der Waals surface area contributed by atoms with E-state index in [2.05, 4.69) is 4.98 Å². The molecule has 2 rings (SSSR count). The first kappa shape index (κ1) is 11.3. The van der Waals surface area contributed by atoms with Crippen molar-refractivity contribution in [3.63, 3.8) is 0 Å². The van der Waals surface area contributed by atoms with Gasteiger partial charge in [0, 0.05) is 17.3 Å². The van der Waals surface area contributed by atoms with Crippen molar-refractivity contribution in [1.29, 1.82) is 0 Å². The van der Waals surface area contributed by atoms with Crippen molar-refractivity contribution in [2.24, 2.45) is 0 Å². The van der Waals surface area contributed by atoms with Crippen LogP contribution in [0.15, 0.2) is 36.5 Å². The molecule has 0 atom stereocenters.